The van der Waals surface area contributed by atoms with Gasteiger partial charge in [-0.25, -0.2) is 0 Å². The largest absolute Gasteiger partial charge is 0.480 e. The number of nitriles is 1. The molecule has 0 rings (SSSR count). The molecular formula is C8H13NO2. The molecule has 0 aromatic carbocycles. The van der Waals surface area contributed by atoms with Gasteiger partial charge in [-0.3, -0.25) is 4.79 Å². The fraction of sp³-hybridized carbons (Fsp3) is 0.750. The van der Waals surface area contributed by atoms with E-state index >= 15 is 0 Å². The SMILES string of the molecule is CCCCC(C)(C#N)C(=O)O. The lowest BCUT2D eigenvalue weighted by Gasteiger charge is -2.14. The molecule has 1 atom stereocenters. The van der Waals surface area contributed by atoms with Gasteiger partial charge in [0, 0.05) is 0 Å². The third kappa shape index (κ3) is 2.58. The van der Waals surface area contributed by atoms with Crippen molar-refractivity contribution in [3.05, 3.63) is 0 Å². The summed E-state index contributed by atoms with van der Waals surface area (Å²) in [5.41, 5.74) is -1.18. The van der Waals surface area contributed by atoms with E-state index < -0.39 is 11.4 Å². The molecule has 0 aromatic rings. The summed E-state index contributed by atoms with van der Waals surface area (Å²) in [7, 11) is 0. The van der Waals surface area contributed by atoms with Crippen LogP contribution in [0.25, 0.3) is 0 Å². The first kappa shape index (κ1) is 9.96. The fourth-order valence-electron chi connectivity index (χ4n) is 0.741. The van der Waals surface area contributed by atoms with Crippen LogP contribution in [0.4, 0.5) is 0 Å². The van der Waals surface area contributed by atoms with Crippen LogP contribution in [0.3, 0.4) is 0 Å². The van der Waals surface area contributed by atoms with Crippen LogP contribution in [-0.4, -0.2) is 11.1 Å². The number of nitrogens with zero attached hydrogens (tertiary/aromatic N) is 1. The summed E-state index contributed by atoms with van der Waals surface area (Å²) in [6.45, 7) is 3.44. The van der Waals surface area contributed by atoms with E-state index in [1.54, 1.807) is 0 Å². The molecule has 62 valence electrons. The van der Waals surface area contributed by atoms with E-state index in [2.05, 4.69) is 0 Å². The molecule has 3 heteroatoms. The summed E-state index contributed by atoms with van der Waals surface area (Å²) >= 11 is 0. The van der Waals surface area contributed by atoms with Crippen LogP contribution in [0.1, 0.15) is 33.1 Å². The summed E-state index contributed by atoms with van der Waals surface area (Å²) in [6, 6.07) is 1.81. The molecule has 0 saturated heterocycles. The Morgan fingerprint density at radius 1 is 1.73 bits per heavy atom. The summed E-state index contributed by atoms with van der Waals surface area (Å²) in [5.74, 6) is -1.02. The lowest BCUT2D eigenvalue weighted by molar-refractivity contribution is -0.145. The Labute approximate surface area is 66.6 Å². The van der Waals surface area contributed by atoms with E-state index in [9.17, 15) is 4.79 Å². The predicted molar refractivity (Wildman–Crippen MR) is 40.9 cm³/mol. The Kier molecular flexibility index (Phi) is 3.59. The van der Waals surface area contributed by atoms with Gasteiger partial charge >= 0.3 is 5.97 Å². The first-order chi connectivity index (χ1) is 5.06. The summed E-state index contributed by atoms with van der Waals surface area (Å²) in [6.07, 6.45) is 2.15. The van der Waals surface area contributed by atoms with Gasteiger partial charge in [0.2, 0.25) is 0 Å². The number of unbranched alkanes of at least 4 members (excludes halogenated alkanes) is 1. The quantitative estimate of drug-likeness (QED) is 0.673. The number of hydrogen-bond acceptors (Lipinski definition) is 2. The van der Waals surface area contributed by atoms with Crippen molar-refractivity contribution in [2.45, 2.75) is 33.1 Å². The Morgan fingerprint density at radius 3 is 2.55 bits per heavy atom. The molecule has 0 radical (unpaired) electrons. The molecule has 0 aliphatic carbocycles. The Hall–Kier alpha value is -1.04. The molecule has 0 aromatic heterocycles. The second kappa shape index (κ2) is 3.97. The van der Waals surface area contributed by atoms with Crippen LogP contribution in [-0.2, 0) is 4.79 Å². The number of carbonyl (C=O) groups is 1. The first-order valence-corrected chi connectivity index (χ1v) is 3.71. The molecule has 3 nitrogen and oxygen atoms in total. The highest BCUT2D eigenvalue weighted by atomic mass is 16.4. The molecule has 0 fully saturated rings. The highest BCUT2D eigenvalue weighted by molar-refractivity contribution is 5.77. The van der Waals surface area contributed by atoms with Crippen LogP contribution in [0.2, 0.25) is 0 Å². The molecule has 11 heavy (non-hydrogen) atoms. The minimum Gasteiger partial charge on any atom is -0.480 e. The zero-order chi connectivity index (χ0) is 8.91. The highest BCUT2D eigenvalue weighted by Gasteiger charge is 2.31. The van der Waals surface area contributed by atoms with Crippen LogP contribution >= 0.6 is 0 Å². The van der Waals surface area contributed by atoms with Crippen LogP contribution < -0.4 is 0 Å². The maximum Gasteiger partial charge on any atom is 0.323 e. The maximum atomic E-state index is 10.5. The molecule has 0 saturated carbocycles. The average molecular weight is 155 g/mol. The number of hydrogen-bond donors (Lipinski definition) is 1. The minimum atomic E-state index is -1.18. The standard InChI is InChI=1S/C8H13NO2/c1-3-4-5-8(2,6-9)7(10)11/h3-5H2,1-2H3,(H,10,11). The Bertz CT molecular complexity index is 183. The summed E-state index contributed by atoms with van der Waals surface area (Å²) in [4.78, 5) is 10.5. The van der Waals surface area contributed by atoms with Crippen molar-refractivity contribution in [1.82, 2.24) is 0 Å². The van der Waals surface area contributed by atoms with Gasteiger partial charge in [0.05, 0.1) is 6.07 Å². The van der Waals surface area contributed by atoms with Gasteiger partial charge in [-0.1, -0.05) is 19.8 Å². The predicted octanol–water partition coefficient (Wildman–Crippen LogP) is 1.79. The molecule has 1 unspecified atom stereocenters. The number of carboxylic acid groups (broad SMARTS) is 1. The smallest absolute Gasteiger partial charge is 0.323 e. The molecule has 0 aliphatic heterocycles. The van der Waals surface area contributed by atoms with Crippen molar-refractivity contribution in [1.29, 1.82) is 5.26 Å². The summed E-state index contributed by atoms with van der Waals surface area (Å²) in [5, 5.41) is 17.2. The average Bonchev–Trinajstić information content (AvgIpc) is 2.00. The van der Waals surface area contributed by atoms with Gasteiger partial charge in [-0.05, 0) is 13.3 Å². The van der Waals surface area contributed by atoms with Crippen molar-refractivity contribution < 1.29 is 9.90 Å². The first-order valence-electron chi connectivity index (χ1n) is 3.71. The van der Waals surface area contributed by atoms with Crippen LogP contribution in [0.15, 0.2) is 0 Å². The second-order valence-corrected chi connectivity index (χ2v) is 2.85. The number of rotatable bonds is 4. The topological polar surface area (TPSA) is 61.1 Å². The summed E-state index contributed by atoms with van der Waals surface area (Å²) < 4.78 is 0. The van der Waals surface area contributed by atoms with Crippen molar-refractivity contribution in [3.63, 3.8) is 0 Å². The Morgan fingerprint density at radius 2 is 2.27 bits per heavy atom. The highest BCUT2D eigenvalue weighted by Crippen LogP contribution is 2.22. The van der Waals surface area contributed by atoms with Gasteiger partial charge in [0.25, 0.3) is 0 Å². The molecule has 0 aliphatic rings. The molecule has 0 spiro atoms. The van der Waals surface area contributed by atoms with Gasteiger partial charge in [0.15, 0.2) is 5.41 Å². The third-order valence-corrected chi connectivity index (χ3v) is 1.75. The number of aliphatic carboxylic acids is 1. The molecule has 0 amide bonds. The molecule has 0 bridgehead atoms. The van der Waals surface area contributed by atoms with Gasteiger partial charge < -0.3 is 5.11 Å². The van der Waals surface area contributed by atoms with Crippen molar-refractivity contribution in [2.24, 2.45) is 5.41 Å². The van der Waals surface area contributed by atoms with E-state index in [1.165, 1.54) is 6.92 Å². The van der Waals surface area contributed by atoms with Gasteiger partial charge in [-0.15, -0.1) is 0 Å². The van der Waals surface area contributed by atoms with Crippen molar-refractivity contribution in [3.8, 4) is 6.07 Å². The molecule has 0 heterocycles. The molecular weight excluding hydrogens is 142 g/mol. The van der Waals surface area contributed by atoms with Crippen molar-refractivity contribution in [2.75, 3.05) is 0 Å². The molecule has 1 N–H and O–H groups in total. The second-order valence-electron chi connectivity index (χ2n) is 2.85. The minimum absolute atomic E-state index is 0.440. The number of carboxylic acids is 1. The van der Waals surface area contributed by atoms with E-state index in [0.717, 1.165) is 12.8 Å². The van der Waals surface area contributed by atoms with Gasteiger partial charge in [-0.2, -0.15) is 5.26 Å². The normalized spacial score (nSPS) is 15.0. The lowest BCUT2D eigenvalue weighted by atomic mass is 9.87. The zero-order valence-electron chi connectivity index (χ0n) is 6.92. The van der Waals surface area contributed by atoms with Gasteiger partial charge in [0.1, 0.15) is 0 Å². The van der Waals surface area contributed by atoms with E-state index in [1.807, 2.05) is 13.0 Å². The monoisotopic (exact) mass is 155 g/mol. The maximum absolute atomic E-state index is 10.5. The lowest BCUT2D eigenvalue weighted by Crippen LogP contribution is -2.25. The van der Waals surface area contributed by atoms with Crippen LogP contribution in [0.5, 0.6) is 0 Å². The van der Waals surface area contributed by atoms with Crippen molar-refractivity contribution >= 4 is 5.97 Å². The fourth-order valence-corrected chi connectivity index (χ4v) is 0.741. The Balaban J connectivity index is 4.14. The van der Waals surface area contributed by atoms with Crippen LogP contribution in [0, 0.1) is 16.7 Å². The van der Waals surface area contributed by atoms with E-state index in [-0.39, 0.29) is 0 Å². The third-order valence-electron chi connectivity index (χ3n) is 1.75. The van der Waals surface area contributed by atoms with E-state index in [4.69, 9.17) is 10.4 Å². The van der Waals surface area contributed by atoms with E-state index in [0.29, 0.717) is 6.42 Å². The zero-order valence-corrected chi connectivity index (χ0v) is 6.92.